The minimum absolute atomic E-state index is 0.101. The zero-order valence-corrected chi connectivity index (χ0v) is 11.6. The molecule has 0 aliphatic heterocycles. The van der Waals surface area contributed by atoms with Gasteiger partial charge in [-0.2, -0.15) is 0 Å². The van der Waals surface area contributed by atoms with E-state index in [2.05, 4.69) is 6.92 Å². The molecule has 0 radical (unpaired) electrons. The predicted octanol–water partition coefficient (Wildman–Crippen LogP) is 2.89. The van der Waals surface area contributed by atoms with Crippen molar-refractivity contribution in [3.63, 3.8) is 0 Å². The summed E-state index contributed by atoms with van der Waals surface area (Å²) in [5.41, 5.74) is -0.720. The van der Waals surface area contributed by atoms with Crippen LogP contribution < -0.4 is 0 Å². The summed E-state index contributed by atoms with van der Waals surface area (Å²) in [6.45, 7) is 2.03. The second-order valence-corrected chi connectivity index (χ2v) is 4.93. The Hall–Kier alpha value is -0.120. The molecule has 0 aliphatic rings. The van der Waals surface area contributed by atoms with E-state index in [9.17, 15) is 10.2 Å². The van der Waals surface area contributed by atoms with Crippen molar-refractivity contribution in [2.24, 2.45) is 0 Å². The minimum Gasteiger partial charge on any atom is -0.393 e. The van der Waals surface area contributed by atoms with E-state index in [1.807, 2.05) is 0 Å². The Bertz CT molecular complexity index is 147. The van der Waals surface area contributed by atoms with Crippen LogP contribution in [0, 0.1) is 0 Å². The van der Waals surface area contributed by atoms with Crippen LogP contribution in [-0.4, -0.2) is 36.1 Å². The van der Waals surface area contributed by atoms with Crippen LogP contribution in [-0.2, 0) is 4.74 Å². The lowest BCUT2D eigenvalue weighted by molar-refractivity contribution is -0.0911. The average molecular weight is 246 g/mol. The molecule has 0 atom stereocenters. The van der Waals surface area contributed by atoms with Gasteiger partial charge >= 0.3 is 0 Å². The third kappa shape index (κ3) is 7.74. The molecule has 0 aromatic carbocycles. The van der Waals surface area contributed by atoms with E-state index in [1.165, 1.54) is 38.5 Å². The lowest BCUT2D eigenvalue weighted by Gasteiger charge is -2.28. The lowest BCUT2D eigenvalue weighted by atomic mass is 9.97. The first kappa shape index (κ1) is 16.9. The van der Waals surface area contributed by atoms with Crippen LogP contribution in [0.5, 0.6) is 0 Å². The van der Waals surface area contributed by atoms with E-state index in [1.54, 1.807) is 7.11 Å². The van der Waals surface area contributed by atoms with Gasteiger partial charge in [0.1, 0.15) is 5.60 Å². The quantitative estimate of drug-likeness (QED) is 0.521. The number of aliphatic hydroxyl groups is 2. The lowest BCUT2D eigenvalue weighted by Crippen LogP contribution is -2.39. The summed E-state index contributed by atoms with van der Waals surface area (Å²) < 4.78 is 5.20. The number of unbranched alkanes of at least 4 members (excludes halogenated alkanes) is 7. The third-order valence-corrected chi connectivity index (χ3v) is 3.50. The van der Waals surface area contributed by atoms with E-state index in [4.69, 9.17) is 4.74 Å². The summed E-state index contributed by atoms with van der Waals surface area (Å²) in [4.78, 5) is 0. The highest BCUT2D eigenvalue weighted by Gasteiger charge is 2.27. The number of aliphatic hydroxyl groups excluding tert-OH is 2. The van der Waals surface area contributed by atoms with E-state index >= 15 is 0 Å². The van der Waals surface area contributed by atoms with Gasteiger partial charge < -0.3 is 14.9 Å². The molecule has 0 aliphatic carbocycles. The highest BCUT2D eigenvalue weighted by Crippen LogP contribution is 2.19. The van der Waals surface area contributed by atoms with Gasteiger partial charge in [0.25, 0.3) is 0 Å². The van der Waals surface area contributed by atoms with Crippen LogP contribution in [0.15, 0.2) is 0 Å². The Balaban J connectivity index is 3.43. The van der Waals surface area contributed by atoms with Crippen LogP contribution in [0.1, 0.15) is 64.7 Å². The fraction of sp³-hybridized carbons (Fsp3) is 1.00. The molecule has 0 rings (SSSR count). The Morgan fingerprint density at radius 2 is 1.29 bits per heavy atom. The van der Waals surface area contributed by atoms with E-state index in [0.717, 1.165) is 19.3 Å². The van der Waals surface area contributed by atoms with Crippen molar-refractivity contribution < 1.29 is 14.9 Å². The van der Waals surface area contributed by atoms with Gasteiger partial charge in [0, 0.05) is 7.11 Å². The molecule has 0 fully saturated rings. The summed E-state index contributed by atoms with van der Waals surface area (Å²) in [6.07, 6.45) is 10.8. The van der Waals surface area contributed by atoms with Gasteiger partial charge in [-0.25, -0.2) is 0 Å². The normalized spacial score (nSPS) is 12.0. The summed E-state index contributed by atoms with van der Waals surface area (Å²) >= 11 is 0. The molecule has 0 saturated carbocycles. The Labute approximate surface area is 106 Å². The second kappa shape index (κ2) is 11.0. The van der Waals surface area contributed by atoms with Gasteiger partial charge in [-0.15, -0.1) is 0 Å². The summed E-state index contributed by atoms with van der Waals surface area (Å²) in [5.74, 6) is 0. The molecule has 3 nitrogen and oxygen atoms in total. The maximum atomic E-state index is 9.19. The number of ether oxygens (including phenoxy) is 1. The third-order valence-electron chi connectivity index (χ3n) is 3.50. The van der Waals surface area contributed by atoms with Crippen molar-refractivity contribution in [2.45, 2.75) is 70.3 Å². The van der Waals surface area contributed by atoms with Crippen LogP contribution >= 0.6 is 0 Å². The first-order valence-corrected chi connectivity index (χ1v) is 7.01. The molecule has 0 bridgehead atoms. The first-order valence-electron chi connectivity index (χ1n) is 7.01. The predicted molar refractivity (Wildman–Crippen MR) is 71.1 cm³/mol. The molecule has 3 heteroatoms. The van der Waals surface area contributed by atoms with Gasteiger partial charge in [0.15, 0.2) is 0 Å². The van der Waals surface area contributed by atoms with E-state index in [0.29, 0.717) is 0 Å². The van der Waals surface area contributed by atoms with Crippen molar-refractivity contribution in [2.75, 3.05) is 20.3 Å². The molecular formula is C14H30O3. The molecule has 2 N–H and O–H groups in total. The van der Waals surface area contributed by atoms with Crippen molar-refractivity contribution in [1.29, 1.82) is 0 Å². The average Bonchev–Trinajstić information content (AvgIpc) is 2.38. The topological polar surface area (TPSA) is 49.7 Å². The fourth-order valence-corrected chi connectivity index (χ4v) is 2.02. The minimum atomic E-state index is -0.720. The van der Waals surface area contributed by atoms with Crippen LogP contribution in [0.2, 0.25) is 0 Å². The highest BCUT2D eigenvalue weighted by molar-refractivity contribution is 4.78. The van der Waals surface area contributed by atoms with Crippen LogP contribution in [0.4, 0.5) is 0 Å². The maximum Gasteiger partial charge on any atom is 0.114 e. The molecule has 0 aromatic heterocycles. The number of hydrogen-bond donors (Lipinski definition) is 2. The molecule has 0 amide bonds. The van der Waals surface area contributed by atoms with Crippen LogP contribution in [0.25, 0.3) is 0 Å². The summed E-state index contributed by atoms with van der Waals surface area (Å²) in [6, 6.07) is 0. The number of rotatable bonds is 12. The summed E-state index contributed by atoms with van der Waals surface area (Å²) in [5, 5.41) is 18.4. The Morgan fingerprint density at radius 3 is 1.71 bits per heavy atom. The zero-order valence-electron chi connectivity index (χ0n) is 11.6. The standard InChI is InChI=1S/C14H30O3/c1-3-4-5-6-7-8-9-10-11-14(12-15,13-16)17-2/h15-16H,3-13H2,1-2H3. The molecule has 0 spiro atoms. The van der Waals surface area contributed by atoms with E-state index < -0.39 is 5.60 Å². The van der Waals surface area contributed by atoms with Gasteiger partial charge in [0.05, 0.1) is 13.2 Å². The highest BCUT2D eigenvalue weighted by atomic mass is 16.5. The SMILES string of the molecule is CCCCCCCCCCC(CO)(CO)OC. The zero-order chi connectivity index (χ0) is 13.0. The van der Waals surface area contributed by atoms with Crippen LogP contribution in [0.3, 0.4) is 0 Å². The van der Waals surface area contributed by atoms with Gasteiger partial charge in [-0.1, -0.05) is 58.3 Å². The molecular weight excluding hydrogens is 216 g/mol. The summed E-state index contributed by atoms with van der Waals surface area (Å²) in [7, 11) is 1.55. The van der Waals surface area contributed by atoms with Gasteiger partial charge in [-0.05, 0) is 6.42 Å². The maximum absolute atomic E-state index is 9.19. The van der Waals surface area contributed by atoms with Crippen molar-refractivity contribution in [3.05, 3.63) is 0 Å². The second-order valence-electron chi connectivity index (χ2n) is 4.93. The van der Waals surface area contributed by atoms with Gasteiger partial charge in [-0.3, -0.25) is 0 Å². The van der Waals surface area contributed by atoms with Gasteiger partial charge in [0.2, 0.25) is 0 Å². The van der Waals surface area contributed by atoms with E-state index in [-0.39, 0.29) is 13.2 Å². The monoisotopic (exact) mass is 246 g/mol. The molecule has 0 heterocycles. The number of methoxy groups -OCH3 is 1. The molecule has 0 unspecified atom stereocenters. The smallest absolute Gasteiger partial charge is 0.114 e. The molecule has 0 aromatic rings. The van der Waals surface area contributed by atoms with Crippen molar-refractivity contribution in [1.82, 2.24) is 0 Å². The molecule has 0 saturated heterocycles. The van der Waals surface area contributed by atoms with Crippen molar-refractivity contribution >= 4 is 0 Å². The number of hydrogen-bond acceptors (Lipinski definition) is 3. The molecule has 104 valence electrons. The Morgan fingerprint density at radius 1 is 0.824 bits per heavy atom. The molecule has 17 heavy (non-hydrogen) atoms. The first-order chi connectivity index (χ1) is 8.24. The fourth-order valence-electron chi connectivity index (χ4n) is 2.02. The largest absolute Gasteiger partial charge is 0.393 e. The van der Waals surface area contributed by atoms with Crippen molar-refractivity contribution in [3.8, 4) is 0 Å². The Kier molecular flexibility index (Phi) is 10.9.